The molecule has 11 heteroatoms. The molecule has 0 aliphatic carbocycles. The molecular formula is C31H42FN5O4S. The fourth-order valence-corrected chi connectivity index (χ4v) is 5.13. The zero-order chi connectivity index (χ0) is 27.2. The fraction of sp³-hybridized carbons (Fsp3) is 0.355. The SMILES string of the molecule is C.CSCCN=C1NC(Oc2ccc(NC(=O)c3cc(F)cc(N4CCCCC4)c3)c3ccccc23)=CCN1C.O.O. The van der Waals surface area contributed by atoms with E-state index in [0.29, 0.717) is 29.4 Å². The number of fused-ring (bicyclic) bond motifs is 1. The molecule has 228 valence electrons. The molecule has 3 aromatic rings. The molecule has 1 saturated heterocycles. The van der Waals surface area contributed by atoms with Crippen LogP contribution in [-0.2, 0) is 0 Å². The lowest BCUT2D eigenvalue weighted by atomic mass is 10.1. The number of piperidine rings is 1. The van der Waals surface area contributed by atoms with E-state index in [2.05, 4.69) is 26.8 Å². The van der Waals surface area contributed by atoms with Gasteiger partial charge in [0.2, 0.25) is 5.96 Å². The van der Waals surface area contributed by atoms with Crippen LogP contribution in [0.1, 0.15) is 37.0 Å². The number of anilines is 2. The number of rotatable bonds is 8. The summed E-state index contributed by atoms with van der Waals surface area (Å²) in [4.78, 5) is 22.1. The first kappa shape index (κ1) is 34.4. The second-order valence-corrected chi connectivity index (χ2v) is 10.7. The number of carbonyl (C=O) groups is 1. The number of guanidine groups is 1. The van der Waals surface area contributed by atoms with Crippen molar-refractivity contribution in [2.75, 3.05) is 55.5 Å². The zero-order valence-corrected chi connectivity index (χ0v) is 24.2. The molecule has 0 saturated carbocycles. The van der Waals surface area contributed by atoms with Gasteiger partial charge in [0, 0.05) is 60.1 Å². The van der Waals surface area contributed by atoms with Gasteiger partial charge in [-0.15, -0.1) is 0 Å². The minimum absolute atomic E-state index is 0. The van der Waals surface area contributed by atoms with Gasteiger partial charge in [0.05, 0.1) is 6.54 Å². The van der Waals surface area contributed by atoms with E-state index in [1.54, 1.807) is 17.8 Å². The van der Waals surface area contributed by atoms with Crippen molar-refractivity contribution < 1.29 is 24.9 Å². The highest BCUT2D eigenvalue weighted by Gasteiger charge is 2.19. The third-order valence-electron chi connectivity index (χ3n) is 6.92. The Bertz CT molecular complexity index is 1410. The molecule has 0 atom stereocenters. The normalized spacial score (nSPS) is 15.5. The lowest BCUT2D eigenvalue weighted by Gasteiger charge is -2.29. The Kier molecular flexibility index (Phi) is 13.1. The number of aliphatic imine (C=N–C) groups is 1. The number of ether oxygens (including phenoxy) is 1. The molecule has 2 heterocycles. The van der Waals surface area contributed by atoms with Crippen molar-refractivity contribution in [3.63, 3.8) is 0 Å². The van der Waals surface area contributed by atoms with Gasteiger partial charge in [-0.2, -0.15) is 11.8 Å². The van der Waals surface area contributed by atoms with Gasteiger partial charge in [0.15, 0.2) is 5.88 Å². The number of amides is 1. The van der Waals surface area contributed by atoms with E-state index in [4.69, 9.17) is 4.74 Å². The summed E-state index contributed by atoms with van der Waals surface area (Å²) in [5.41, 5.74) is 1.69. The number of nitrogens with one attached hydrogen (secondary N) is 2. The second-order valence-electron chi connectivity index (χ2n) is 9.73. The van der Waals surface area contributed by atoms with Crippen molar-refractivity contribution in [3.8, 4) is 5.75 Å². The summed E-state index contributed by atoms with van der Waals surface area (Å²) in [6.45, 7) is 3.16. The van der Waals surface area contributed by atoms with Crippen LogP contribution in [0.4, 0.5) is 15.8 Å². The van der Waals surface area contributed by atoms with E-state index >= 15 is 0 Å². The van der Waals surface area contributed by atoms with Crippen LogP contribution in [0, 0.1) is 5.82 Å². The van der Waals surface area contributed by atoms with E-state index in [9.17, 15) is 9.18 Å². The van der Waals surface area contributed by atoms with Crippen molar-refractivity contribution in [1.29, 1.82) is 0 Å². The average molecular weight is 600 g/mol. The highest BCUT2D eigenvalue weighted by atomic mass is 32.2. The second kappa shape index (κ2) is 16.0. The standard InChI is InChI=1S/C30H34FN5O2S.CH4.2H2O/c1-35-16-12-28(34-30(35)32-13-17-39-2)38-27-11-10-26(24-8-4-5-9-25(24)27)33-29(37)21-18-22(31)20-23(19-21)36-14-6-3-7-15-36;;;/h4-5,8-12,18-20H,3,6-7,13-17H2,1-2H3,(H,32,34)(H,33,37);1H4;2*1H2. The summed E-state index contributed by atoms with van der Waals surface area (Å²) < 4.78 is 20.8. The first-order chi connectivity index (χ1) is 19.0. The average Bonchev–Trinajstić information content (AvgIpc) is 2.96. The third kappa shape index (κ3) is 8.15. The molecule has 1 amide bonds. The smallest absolute Gasteiger partial charge is 0.255 e. The first-order valence-electron chi connectivity index (χ1n) is 13.3. The highest BCUT2D eigenvalue weighted by molar-refractivity contribution is 7.98. The zero-order valence-electron chi connectivity index (χ0n) is 23.4. The Morgan fingerprint density at radius 2 is 1.81 bits per heavy atom. The highest BCUT2D eigenvalue weighted by Crippen LogP contribution is 2.33. The lowest BCUT2D eigenvalue weighted by Crippen LogP contribution is -2.43. The van der Waals surface area contributed by atoms with Crippen molar-refractivity contribution in [2.24, 2.45) is 4.99 Å². The van der Waals surface area contributed by atoms with Crippen LogP contribution in [0.2, 0.25) is 0 Å². The summed E-state index contributed by atoms with van der Waals surface area (Å²) in [7, 11) is 1.99. The van der Waals surface area contributed by atoms with E-state index < -0.39 is 5.82 Å². The Labute approximate surface area is 251 Å². The minimum atomic E-state index is -0.410. The molecule has 2 aliphatic rings. The summed E-state index contributed by atoms with van der Waals surface area (Å²) in [6, 6.07) is 16.0. The fourth-order valence-electron chi connectivity index (χ4n) is 4.86. The number of hydrogen-bond acceptors (Lipinski definition) is 5. The maximum absolute atomic E-state index is 14.5. The number of thioether (sulfide) groups is 1. The molecule has 0 radical (unpaired) electrons. The third-order valence-corrected chi connectivity index (χ3v) is 7.51. The molecule has 0 bridgehead atoms. The van der Waals surface area contributed by atoms with Crippen molar-refractivity contribution in [3.05, 3.63) is 77.9 Å². The molecular weight excluding hydrogens is 557 g/mol. The molecule has 42 heavy (non-hydrogen) atoms. The Morgan fingerprint density at radius 1 is 1.07 bits per heavy atom. The van der Waals surface area contributed by atoms with E-state index in [1.165, 1.54) is 18.6 Å². The quantitative estimate of drug-likeness (QED) is 0.361. The number of likely N-dealkylation sites (N-methyl/N-ethyl adjacent to an activating group) is 1. The summed E-state index contributed by atoms with van der Waals surface area (Å²) in [5.74, 6) is 2.24. The number of carbonyl (C=O) groups excluding carboxylic acids is 1. The van der Waals surface area contributed by atoms with E-state index in [-0.39, 0.29) is 24.3 Å². The maximum atomic E-state index is 14.5. The number of hydrogen-bond donors (Lipinski definition) is 2. The van der Waals surface area contributed by atoms with Gasteiger partial charge in [-0.05, 0) is 61.9 Å². The van der Waals surface area contributed by atoms with Crippen LogP contribution in [0.15, 0.2) is 71.5 Å². The molecule has 0 spiro atoms. The van der Waals surface area contributed by atoms with Gasteiger partial charge < -0.3 is 30.8 Å². The Balaban J connectivity index is 0.00000205. The molecule has 2 aliphatic heterocycles. The number of nitrogens with zero attached hydrogens (tertiary/aromatic N) is 3. The molecule has 0 aromatic heterocycles. The molecule has 0 unspecified atom stereocenters. The van der Waals surface area contributed by atoms with Crippen molar-refractivity contribution >= 4 is 45.8 Å². The largest absolute Gasteiger partial charge is 0.441 e. The van der Waals surface area contributed by atoms with Gasteiger partial charge in [-0.25, -0.2) is 4.39 Å². The van der Waals surface area contributed by atoms with Crippen LogP contribution in [0.5, 0.6) is 5.75 Å². The van der Waals surface area contributed by atoms with Crippen LogP contribution in [-0.4, -0.2) is 73.0 Å². The topological polar surface area (TPSA) is 132 Å². The van der Waals surface area contributed by atoms with Crippen LogP contribution >= 0.6 is 11.8 Å². The van der Waals surface area contributed by atoms with Gasteiger partial charge in [-0.3, -0.25) is 15.1 Å². The van der Waals surface area contributed by atoms with Gasteiger partial charge in [0.25, 0.3) is 5.91 Å². The predicted molar refractivity (Wildman–Crippen MR) is 173 cm³/mol. The minimum Gasteiger partial charge on any atom is -0.441 e. The van der Waals surface area contributed by atoms with Crippen molar-refractivity contribution in [1.82, 2.24) is 10.2 Å². The monoisotopic (exact) mass is 599 g/mol. The van der Waals surface area contributed by atoms with E-state index in [0.717, 1.165) is 60.6 Å². The van der Waals surface area contributed by atoms with Gasteiger partial charge >= 0.3 is 0 Å². The van der Waals surface area contributed by atoms with Crippen LogP contribution < -0.4 is 20.3 Å². The van der Waals surface area contributed by atoms with Crippen LogP contribution in [0.3, 0.4) is 0 Å². The van der Waals surface area contributed by atoms with E-state index in [1.807, 2.05) is 54.4 Å². The first-order valence-corrected chi connectivity index (χ1v) is 14.7. The Hall–Kier alpha value is -3.80. The summed E-state index contributed by atoms with van der Waals surface area (Å²) >= 11 is 1.76. The van der Waals surface area contributed by atoms with Gasteiger partial charge in [-0.1, -0.05) is 31.7 Å². The lowest BCUT2D eigenvalue weighted by molar-refractivity contribution is 0.102. The molecule has 1 fully saturated rings. The number of benzene rings is 3. The molecule has 3 aromatic carbocycles. The molecule has 9 nitrogen and oxygen atoms in total. The Morgan fingerprint density at radius 3 is 2.55 bits per heavy atom. The summed E-state index contributed by atoms with van der Waals surface area (Å²) in [5, 5.41) is 7.96. The van der Waals surface area contributed by atoms with Crippen LogP contribution in [0.25, 0.3) is 10.8 Å². The van der Waals surface area contributed by atoms with Crippen molar-refractivity contribution in [2.45, 2.75) is 26.7 Å². The maximum Gasteiger partial charge on any atom is 0.255 e. The summed E-state index contributed by atoms with van der Waals surface area (Å²) in [6.07, 6.45) is 7.38. The molecule has 5 rings (SSSR count). The predicted octanol–water partition coefficient (Wildman–Crippen LogP) is 4.68. The molecule has 6 N–H and O–H groups in total. The number of halogens is 1. The van der Waals surface area contributed by atoms with Gasteiger partial charge in [0.1, 0.15) is 11.6 Å².